The molecule has 0 bridgehead atoms. The maximum absolute atomic E-state index is 16.4. The Labute approximate surface area is 292 Å². The van der Waals surface area contributed by atoms with Crippen LogP contribution >= 0.6 is 14.5 Å². The summed E-state index contributed by atoms with van der Waals surface area (Å²) in [7, 11) is -5.70. The fourth-order valence-electron chi connectivity index (χ4n) is 5.69. The number of benzene rings is 6. The van der Waals surface area contributed by atoms with Crippen LogP contribution in [-0.4, -0.2) is 24.7 Å². The van der Waals surface area contributed by atoms with Crippen molar-refractivity contribution < 1.29 is 41.2 Å². The third-order valence-corrected chi connectivity index (χ3v) is 16.8. The van der Waals surface area contributed by atoms with Crippen molar-refractivity contribution in [2.24, 2.45) is 0 Å². The van der Waals surface area contributed by atoms with Crippen LogP contribution in [0.25, 0.3) is 0 Å². The first-order valence-corrected chi connectivity index (χ1v) is 23.8. The quantitative estimate of drug-likeness (QED) is 0.0847. The molecule has 0 atom stereocenters. The zero-order chi connectivity index (χ0) is 33.7. The molecule has 0 saturated heterocycles. The SMILES string of the molecule is O=C([P+](c1ccccc1)(c1ccccc1)c1ccccc1)[P+](c1ccccc1)(c1ccccc1)c1ccccc1.[F][Sb-]([F])([F])([F])([F])[F].[Rh]. The third kappa shape index (κ3) is 8.71. The molecule has 0 unspecified atom stereocenters. The molecule has 0 saturated carbocycles. The van der Waals surface area contributed by atoms with Gasteiger partial charge in [0, 0.05) is 19.5 Å². The van der Waals surface area contributed by atoms with E-state index in [1.807, 2.05) is 36.4 Å². The van der Waals surface area contributed by atoms with E-state index in [0.29, 0.717) is 5.27 Å². The molecular weight excluding hydrogens is 861 g/mol. The minimum atomic E-state index is -11.2. The Morgan fingerprint density at radius 3 is 0.583 bits per heavy atom. The molecule has 249 valence electrons. The third-order valence-electron chi connectivity index (χ3n) is 7.43. The number of halogens is 6. The van der Waals surface area contributed by atoms with E-state index in [2.05, 4.69) is 146 Å². The fourth-order valence-corrected chi connectivity index (χ4v) is 16.4. The van der Waals surface area contributed by atoms with E-state index >= 15 is 4.79 Å². The van der Waals surface area contributed by atoms with Crippen LogP contribution in [0.5, 0.6) is 0 Å². The van der Waals surface area contributed by atoms with Gasteiger partial charge < -0.3 is 0 Å². The summed E-state index contributed by atoms with van der Waals surface area (Å²) in [6.45, 7) is 0. The number of carbonyl (C=O) groups is 1. The van der Waals surface area contributed by atoms with Gasteiger partial charge in [0.05, 0.1) is 0 Å². The Kier molecular flexibility index (Phi) is 11.3. The second-order valence-electron chi connectivity index (χ2n) is 10.6. The van der Waals surface area contributed by atoms with Crippen LogP contribution in [0.2, 0.25) is 0 Å². The summed E-state index contributed by atoms with van der Waals surface area (Å²) in [5.41, 5.74) is 0. The largest absolute Gasteiger partial charge is 0 e. The van der Waals surface area contributed by atoms with E-state index in [9.17, 15) is 16.9 Å². The normalized spacial score (nSPS) is 13.0. The monoisotopic (exact) mass is 890 g/mol. The summed E-state index contributed by atoms with van der Waals surface area (Å²) in [4.78, 5) is 16.4. The van der Waals surface area contributed by atoms with Gasteiger partial charge in [-0.1, -0.05) is 109 Å². The van der Waals surface area contributed by atoms with Gasteiger partial charge in [-0.3, -0.25) is 0 Å². The molecule has 0 aliphatic carbocycles. The topological polar surface area (TPSA) is 17.1 Å². The van der Waals surface area contributed by atoms with E-state index in [0.717, 1.165) is 31.8 Å². The molecule has 0 spiro atoms. The smallest absolute Gasteiger partial charge is 0 e. The molecule has 0 heterocycles. The van der Waals surface area contributed by atoms with E-state index in [1.54, 1.807) is 0 Å². The van der Waals surface area contributed by atoms with E-state index < -0.39 is 34.0 Å². The Morgan fingerprint density at radius 2 is 0.458 bits per heavy atom. The average Bonchev–Trinajstić information content (AvgIpc) is 3.07. The molecule has 0 aliphatic heterocycles. The minimum absolute atomic E-state index is 0. The van der Waals surface area contributed by atoms with Crippen LogP contribution in [0.15, 0.2) is 182 Å². The summed E-state index contributed by atoms with van der Waals surface area (Å²) in [5, 5.41) is 6.74. The maximum atomic E-state index is 16.4. The fraction of sp³-hybridized carbons (Fsp3) is 0. The summed E-state index contributed by atoms with van der Waals surface area (Å²) in [6, 6.07) is 62.9. The van der Waals surface area contributed by atoms with Crippen molar-refractivity contribution in [3.05, 3.63) is 182 Å². The van der Waals surface area contributed by atoms with Crippen molar-refractivity contribution in [3.8, 4) is 0 Å². The molecular formula is C37H30F6OP2RhSb+. The molecule has 11 heteroatoms. The Morgan fingerprint density at radius 1 is 0.333 bits per heavy atom. The van der Waals surface area contributed by atoms with Crippen molar-refractivity contribution in [1.29, 1.82) is 0 Å². The van der Waals surface area contributed by atoms with Gasteiger partial charge in [0.15, 0.2) is 0 Å². The summed E-state index contributed by atoms with van der Waals surface area (Å²) >= 11 is -11.2. The van der Waals surface area contributed by atoms with Gasteiger partial charge in [0.2, 0.25) is 14.5 Å². The van der Waals surface area contributed by atoms with Gasteiger partial charge >= 0.3 is 41.6 Å². The molecule has 6 aromatic rings. The summed E-state index contributed by atoms with van der Waals surface area (Å²) in [6.07, 6.45) is 0. The molecule has 6 aromatic carbocycles. The molecule has 0 aliphatic rings. The zero-order valence-electron chi connectivity index (χ0n) is 25.2. The van der Waals surface area contributed by atoms with Crippen molar-refractivity contribution >= 4 is 71.1 Å². The van der Waals surface area contributed by atoms with Gasteiger partial charge in [-0.2, -0.15) is 0 Å². The number of rotatable bonds is 8. The summed E-state index contributed by atoms with van der Waals surface area (Å²) < 4.78 is 59.6. The second kappa shape index (κ2) is 14.4. The predicted molar refractivity (Wildman–Crippen MR) is 188 cm³/mol. The molecule has 0 fully saturated rings. The van der Waals surface area contributed by atoms with E-state index in [-0.39, 0.29) is 19.5 Å². The van der Waals surface area contributed by atoms with Gasteiger partial charge in [-0.25, -0.2) is 4.79 Å². The van der Waals surface area contributed by atoms with Crippen LogP contribution < -0.4 is 31.8 Å². The van der Waals surface area contributed by atoms with Crippen LogP contribution in [0.4, 0.5) is 21.7 Å². The van der Waals surface area contributed by atoms with Crippen molar-refractivity contribution in [2.75, 3.05) is 0 Å². The average molecular weight is 891 g/mol. The van der Waals surface area contributed by atoms with Crippen molar-refractivity contribution in [1.82, 2.24) is 0 Å². The number of hydrogen-bond donors (Lipinski definition) is 0. The van der Waals surface area contributed by atoms with Crippen LogP contribution in [0.1, 0.15) is 0 Å². The second-order valence-corrected chi connectivity index (χ2v) is 23.0. The Balaban J connectivity index is 0.000000589. The Hall–Kier alpha value is -3.13. The number of hydrogen-bond acceptors (Lipinski definition) is 1. The van der Waals surface area contributed by atoms with Crippen LogP contribution in [0, 0.1) is 0 Å². The first-order chi connectivity index (χ1) is 22.2. The minimum Gasteiger partial charge on any atom is 0 e. The van der Waals surface area contributed by atoms with Gasteiger partial charge in [0.25, 0.3) is 0 Å². The van der Waals surface area contributed by atoms with Crippen LogP contribution in [0.3, 0.4) is 0 Å². The molecule has 1 radical (unpaired) electrons. The summed E-state index contributed by atoms with van der Waals surface area (Å²) in [5.74, 6) is 0. The van der Waals surface area contributed by atoms with E-state index in [4.69, 9.17) is 0 Å². The molecule has 1 nitrogen and oxygen atoms in total. The van der Waals surface area contributed by atoms with Crippen LogP contribution in [-0.2, 0) is 19.5 Å². The number of carbonyl (C=O) groups excluding carboxylic acids is 1. The van der Waals surface area contributed by atoms with Crippen molar-refractivity contribution in [2.45, 2.75) is 0 Å². The van der Waals surface area contributed by atoms with Crippen molar-refractivity contribution in [3.63, 3.8) is 0 Å². The standard InChI is InChI=1S/C37H30OP2.6FH.Rh.Sb/c38-37(39(31-19-7-1-8-20-31,32-21-9-2-10-22-32)33-23-11-3-12-24-33)40(34-25-13-4-14-26-34,35-27-15-5-16-28-35)36-29-17-6-18-30-36;;;;;;;;/h1-30H;6*1H;;/q+2;;;;;;;;+5/p-6. The van der Waals surface area contributed by atoms with Gasteiger partial charge in [0.1, 0.15) is 31.8 Å². The van der Waals surface area contributed by atoms with Gasteiger partial charge in [-0.15, -0.1) is 0 Å². The molecule has 0 aromatic heterocycles. The molecule has 0 N–H and O–H groups in total. The first-order valence-electron chi connectivity index (χ1n) is 14.5. The first kappa shape index (κ1) is 37.7. The van der Waals surface area contributed by atoms with Gasteiger partial charge in [-0.05, 0) is 72.8 Å². The molecule has 0 amide bonds. The predicted octanol–water partition coefficient (Wildman–Crippen LogP) is 9.23. The molecule has 48 heavy (non-hydrogen) atoms. The molecule has 6 rings (SSSR count). The zero-order valence-corrected chi connectivity index (χ0v) is 31.2. The maximum Gasteiger partial charge on any atom is 0 e. The Bertz CT molecular complexity index is 1590. The van der Waals surface area contributed by atoms with E-state index in [1.165, 1.54) is 0 Å².